The minimum absolute atomic E-state index is 0.134. The average Bonchev–Trinajstić information content (AvgIpc) is 2.64. The van der Waals surface area contributed by atoms with Gasteiger partial charge in [-0.05, 0) is 29.2 Å². The van der Waals surface area contributed by atoms with E-state index in [9.17, 15) is 14.9 Å². The Morgan fingerprint density at radius 3 is 2.62 bits per heavy atom. The van der Waals surface area contributed by atoms with Gasteiger partial charge in [-0.1, -0.05) is 50.2 Å². The Morgan fingerprint density at radius 1 is 1.23 bits per heavy atom. The normalized spacial score (nSPS) is 10.9. The number of carbonyl (C=O) groups excluding carboxylic acids is 1. The molecular weight excluding hydrogens is 332 g/mol. The third-order valence-electron chi connectivity index (χ3n) is 3.53. The summed E-state index contributed by atoms with van der Waals surface area (Å²) in [6.45, 7) is 4.83. The second kappa shape index (κ2) is 9.36. The number of nitrogens with zero attached hydrogens (tertiary/aromatic N) is 1. The Morgan fingerprint density at radius 2 is 1.96 bits per heavy atom. The number of carbonyl (C=O) groups is 1. The monoisotopic (exact) mass is 354 g/mol. The van der Waals surface area contributed by atoms with Crippen molar-refractivity contribution in [3.63, 3.8) is 0 Å². The van der Waals surface area contributed by atoms with Gasteiger partial charge < -0.3 is 10.1 Å². The Labute approximate surface area is 152 Å². The third-order valence-corrected chi connectivity index (χ3v) is 3.53. The highest BCUT2D eigenvalue weighted by atomic mass is 16.6. The molecule has 0 aromatic heterocycles. The summed E-state index contributed by atoms with van der Waals surface area (Å²) in [4.78, 5) is 22.5. The molecule has 26 heavy (non-hydrogen) atoms. The maximum atomic E-state index is 11.7. The number of benzene rings is 2. The molecule has 2 rings (SSSR count). The number of nitro benzene ring substituents is 1. The molecule has 0 atom stereocenters. The van der Waals surface area contributed by atoms with E-state index in [1.807, 2.05) is 44.2 Å². The first-order valence-corrected chi connectivity index (χ1v) is 8.37. The van der Waals surface area contributed by atoms with Crippen LogP contribution in [0.25, 0.3) is 6.08 Å². The summed E-state index contributed by atoms with van der Waals surface area (Å²) in [6.07, 6.45) is 2.91. The van der Waals surface area contributed by atoms with Crippen LogP contribution in [-0.4, -0.2) is 17.4 Å². The van der Waals surface area contributed by atoms with Crippen molar-refractivity contribution in [2.24, 2.45) is 5.92 Å². The molecule has 0 spiro atoms. The van der Waals surface area contributed by atoms with Gasteiger partial charge in [-0.2, -0.15) is 0 Å². The van der Waals surface area contributed by atoms with E-state index >= 15 is 0 Å². The second-order valence-electron chi connectivity index (χ2n) is 6.23. The van der Waals surface area contributed by atoms with Gasteiger partial charge in [0.2, 0.25) is 5.91 Å². The van der Waals surface area contributed by atoms with E-state index in [1.165, 1.54) is 12.1 Å². The number of amides is 1. The topological polar surface area (TPSA) is 81.5 Å². The summed E-state index contributed by atoms with van der Waals surface area (Å²) in [5, 5.41) is 14.1. The highest BCUT2D eigenvalue weighted by molar-refractivity contribution is 5.91. The molecule has 1 amide bonds. The fourth-order valence-corrected chi connectivity index (χ4v) is 2.17. The Kier molecular flexibility index (Phi) is 6.91. The van der Waals surface area contributed by atoms with Gasteiger partial charge in [0.15, 0.2) is 5.75 Å². The molecular formula is C20H22N2O4. The molecule has 0 radical (unpaired) electrons. The lowest BCUT2D eigenvalue weighted by molar-refractivity contribution is -0.386. The van der Waals surface area contributed by atoms with Crippen molar-refractivity contribution in [2.75, 3.05) is 6.54 Å². The van der Waals surface area contributed by atoms with Crippen molar-refractivity contribution in [3.8, 4) is 5.75 Å². The van der Waals surface area contributed by atoms with E-state index in [4.69, 9.17) is 4.74 Å². The average molecular weight is 354 g/mol. The van der Waals surface area contributed by atoms with Crippen molar-refractivity contribution in [1.82, 2.24) is 5.32 Å². The van der Waals surface area contributed by atoms with Crippen molar-refractivity contribution >= 4 is 17.7 Å². The van der Waals surface area contributed by atoms with E-state index in [2.05, 4.69) is 5.32 Å². The van der Waals surface area contributed by atoms with E-state index in [0.29, 0.717) is 18.0 Å². The zero-order valence-electron chi connectivity index (χ0n) is 14.8. The van der Waals surface area contributed by atoms with Gasteiger partial charge in [0, 0.05) is 18.7 Å². The summed E-state index contributed by atoms with van der Waals surface area (Å²) >= 11 is 0. The van der Waals surface area contributed by atoms with Crippen molar-refractivity contribution in [1.29, 1.82) is 0 Å². The summed E-state index contributed by atoms with van der Waals surface area (Å²) in [5.41, 5.74) is 1.35. The maximum absolute atomic E-state index is 11.7. The van der Waals surface area contributed by atoms with Gasteiger partial charge in [-0.3, -0.25) is 14.9 Å². The van der Waals surface area contributed by atoms with E-state index in [1.54, 1.807) is 18.2 Å². The molecule has 6 heteroatoms. The van der Waals surface area contributed by atoms with Crippen LogP contribution in [0.5, 0.6) is 5.75 Å². The van der Waals surface area contributed by atoms with Gasteiger partial charge in [-0.15, -0.1) is 0 Å². The lowest BCUT2D eigenvalue weighted by atomic mass is 10.1. The summed E-state index contributed by atoms with van der Waals surface area (Å²) in [5.74, 6) is 0.320. The third kappa shape index (κ3) is 6.05. The quantitative estimate of drug-likeness (QED) is 0.442. The predicted octanol–water partition coefficient (Wildman–Crippen LogP) is 3.96. The molecule has 0 aliphatic rings. The minimum Gasteiger partial charge on any atom is -0.482 e. The zero-order chi connectivity index (χ0) is 18.9. The Bertz CT molecular complexity index is 786. The molecule has 0 saturated heterocycles. The Hall–Kier alpha value is -3.15. The smallest absolute Gasteiger partial charge is 0.311 e. The minimum atomic E-state index is -0.490. The van der Waals surface area contributed by atoms with E-state index in [0.717, 1.165) is 5.56 Å². The number of hydrogen-bond donors (Lipinski definition) is 1. The molecule has 2 aromatic rings. The first-order valence-electron chi connectivity index (χ1n) is 8.37. The first-order chi connectivity index (χ1) is 12.5. The summed E-state index contributed by atoms with van der Waals surface area (Å²) < 4.78 is 5.58. The van der Waals surface area contributed by atoms with Crippen LogP contribution in [0.1, 0.15) is 25.0 Å². The molecule has 136 valence electrons. The Balaban J connectivity index is 2.08. The molecule has 0 aliphatic carbocycles. The fourth-order valence-electron chi connectivity index (χ4n) is 2.17. The van der Waals surface area contributed by atoms with Crippen LogP contribution in [0.3, 0.4) is 0 Å². The largest absolute Gasteiger partial charge is 0.482 e. The number of rotatable bonds is 8. The standard InChI is InChI=1S/C20H22N2O4/c1-15(2)13-21-20(23)11-9-16-8-10-19(18(12-16)22(24)25)26-14-17-6-4-3-5-7-17/h3-12,15H,13-14H2,1-2H3,(H,21,23). The first kappa shape index (κ1) is 19.2. The van der Waals surface area contributed by atoms with Crippen molar-refractivity contribution in [2.45, 2.75) is 20.5 Å². The van der Waals surface area contributed by atoms with Crippen LogP contribution in [0.4, 0.5) is 5.69 Å². The zero-order valence-corrected chi connectivity index (χ0v) is 14.8. The molecule has 6 nitrogen and oxygen atoms in total. The second-order valence-corrected chi connectivity index (χ2v) is 6.23. The maximum Gasteiger partial charge on any atom is 0.311 e. The summed E-state index contributed by atoms with van der Waals surface area (Å²) in [6, 6.07) is 14.1. The van der Waals surface area contributed by atoms with Crippen molar-refractivity contribution in [3.05, 3.63) is 75.8 Å². The molecule has 0 bridgehead atoms. The lowest BCUT2D eigenvalue weighted by Crippen LogP contribution is -2.25. The van der Waals surface area contributed by atoms with Gasteiger partial charge in [-0.25, -0.2) is 0 Å². The van der Waals surface area contributed by atoms with Crippen molar-refractivity contribution < 1.29 is 14.5 Å². The van der Waals surface area contributed by atoms with Gasteiger partial charge >= 0.3 is 5.69 Å². The number of nitro groups is 1. The summed E-state index contributed by atoms with van der Waals surface area (Å²) in [7, 11) is 0. The number of ether oxygens (including phenoxy) is 1. The van der Waals surface area contributed by atoms with Gasteiger partial charge in [0.1, 0.15) is 6.61 Å². The van der Waals surface area contributed by atoms with Crippen LogP contribution in [0, 0.1) is 16.0 Å². The van der Waals surface area contributed by atoms with Crippen LogP contribution in [0.2, 0.25) is 0 Å². The van der Waals surface area contributed by atoms with Crippen LogP contribution < -0.4 is 10.1 Å². The highest BCUT2D eigenvalue weighted by Gasteiger charge is 2.15. The van der Waals surface area contributed by atoms with Crippen LogP contribution in [-0.2, 0) is 11.4 Å². The molecule has 2 aromatic carbocycles. The van der Waals surface area contributed by atoms with Crippen LogP contribution >= 0.6 is 0 Å². The van der Waals surface area contributed by atoms with E-state index < -0.39 is 4.92 Å². The highest BCUT2D eigenvalue weighted by Crippen LogP contribution is 2.29. The predicted molar refractivity (Wildman–Crippen MR) is 101 cm³/mol. The lowest BCUT2D eigenvalue weighted by Gasteiger charge is -2.07. The molecule has 0 unspecified atom stereocenters. The molecule has 0 heterocycles. The fraction of sp³-hybridized carbons (Fsp3) is 0.250. The molecule has 0 aliphatic heterocycles. The molecule has 0 saturated carbocycles. The number of hydrogen-bond acceptors (Lipinski definition) is 4. The molecule has 1 N–H and O–H groups in total. The number of nitrogens with one attached hydrogen (secondary N) is 1. The van der Waals surface area contributed by atoms with Crippen LogP contribution in [0.15, 0.2) is 54.6 Å². The van der Waals surface area contributed by atoms with Gasteiger partial charge in [0.05, 0.1) is 4.92 Å². The molecule has 0 fully saturated rings. The SMILES string of the molecule is CC(C)CNC(=O)C=Cc1ccc(OCc2ccccc2)c([N+](=O)[O-])c1. The van der Waals surface area contributed by atoms with Gasteiger partial charge in [0.25, 0.3) is 0 Å². The van der Waals surface area contributed by atoms with E-state index in [-0.39, 0.29) is 24.0 Å².